The Labute approximate surface area is 201 Å². The molecule has 0 bridgehead atoms. The van der Waals surface area contributed by atoms with Crippen molar-refractivity contribution in [2.75, 3.05) is 11.9 Å². The average Bonchev–Trinajstić information content (AvgIpc) is 3.26. The molecule has 0 atom stereocenters. The average molecular weight is 501 g/mol. The lowest BCUT2D eigenvalue weighted by Gasteiger charge is -2.29. The van der Waals surface area contributed by atoms with E-state index in [-0.39, 0.29) is 33.2 Å². The maximum atomic E-state index is 13.2. The number of aromatic nitrogens is 1. The van der Waals surface area contributed by atoms with E-state index in [0.29, 0.717) is 10.2 Å². The second-order valence-electron chi connectivity index (χ2n) is 8.46. The number of carbonyl (C=O) groups excluding carboxylic acids is 3. The summed E-state index contributed by atoms with van der Waals surface area (Å²) < 4.78 is 28.4. The first kappa shape index (κ1) is 24.0. The predicted octanol–water partition coefficient (Wildman–Crippen LogP) is 3.34. The van der Waals surface area contributed by atoms with E-state index in [4.69, 9.17) is 0 Å². The van der Waals surface area contributed by atoms with Crippen LogP contribution in [-0.2, 0) is 14.8 Å². The van der Waals surface area contributed by atoms with Crippen LogP contribution in [0.1, 0.15) is 48.4 Å². The third-order valence-electron chi connectivity index (χ3n) is 5.38. The summed E-state index contributed by atoms with van der Waals surface area (Å²) >= 11 is 1.12. The molecule has 1 aliphatic heterocycles. The van der Waals surface area contributed by atoms with Gasteiger partial charge in [-0.1, -0.05) is 23.5 Å². The Morgan fingerprint density at radius 2 is 1.62 bits per heavy atom. The van der Waals surface area contributed by atoms with Crippen LogP contribution in [-0.4, -0.2) is 59.0 Å². The first-order chi connectivity index (χ1) is 16.0. The Kier molecular flexibility index (Phi) is 6.28. The summed E-state index contributed by atoms with van der Waals surface area (Å²) in [5.41, 5.74) is 1.07. The van der Waals surface area contributed by atoms with Gasteiger partial charge in [0.1, 0.15) is 6.54 Å². The first-order valence-corrected chi connectivity index (χ1v) is 13.0. The Morgan fingerprint density at radius 3 is 2.18 bits per heavy atom. The number of anilines is 1. The van der Waals surface area contributed by atoms with E-state index in [2.05, 4.69) is 10.3 Å². The lowest BCUT2D eigenvalue weighted by molar-refractivity contribution is -0.116. The highest BCUT2D eigenvalue weighted by atomic mass is 32.2. The number of thiazole rings is 1. The standard InChI is InChI=1S/C23H24N4O5S2/c1-13(2)27(14(3)4)34(31,32)15-9-10-18-19(11-15)33-23(24-18)25-20(28)12-26-21(29)16-7-5-6-8-17(16)22(26)30/h5-11,13-14H,12H2,1-4H3,(H,24,25,28). The van der Waals surface area contributed by atoms with E-state index in [1.54, 1.807) is 36.4 Å². The van der Waals surface area contributed by atoms with Crippen molar-refractivity contribution >= 4 is 54.4 Å². The van der Waals surface area contributed by atoms with Gasteiger partial charge in [0.05, 0.1) is 26.2 Å². The van der Waals surface area contributed by atoms with Crippen LogP contribution < -0.4 is 5.32 Å². The summed E-state index contributed by atoms with van der Waals surface area (Å²) in [4.78, 5) is 42.9. The van der Waals surface area contributed by atoms with Crippen LogP contribution in [0.5, 0.6) is 0 Å². The molecule has 11 heteroatoms. The van der Waals surface area contributed by atoms with Gasteiger partial charge in [0, 0.05) is 12.1 Å². The van der Waals surface area contributed by atoms with Crippen LogP contribution in [0.15, 0.2) is 47.4 Å². The number of benzene rings is 2. The molecule has 34 heavy (non-hydrogen) atoms. The molecule has 3 aromatic rings. The minimum atomic E-state index is -3.72. The number of sulfonamides is 1. The molecule has 2 heterocycles. The minimum absolute atomic E-state index is 0.148. The van der Waals surface area contributed by atoms with Gasteiger partial charge >= 0.3 is 0 Å². The SMILES string of the molecule is CC(C)N(C(C)C)S(=O)(=O)c1ccc2nc(NC(=O)CN3C(=O)c4ccccc4C3=O)sc2c1. The third-order valence-corrected chi connectivity index (χ3v) is 8.56. The number of rotatable bonds is 7. The highest BCUT2D eigenvalue weighted by Crippen LogP contribution is 2.30. The number of hydrogen-bond donors (Lipinski definition) is 1. The van der Waals surface area contributed by atoms with Crippen molar-refractivity contribution in [2.24, 2.45) is 0 Å². The summed E-state index contributed by atoms with van der Waals surface area (Å²) in [6.07, 6.45) is 0. The Balaban J connectivity index is 1.52. The number of hydrogen-bond acceptors (Lipinski definition) is 7. The van der Waals surface area contributed by atoms with Crippen LogP contribution in [0.25, 0.3) is 10.2 Å². The highest BCUT2D eigenvalue weighted by molar-refractivity contribution is 7.89. The van der Waals surface area contributed by atoms with E-state index in [1.807, 2.05) is 27.7 Å². The molecule has 0 unspecified atom stereocenters. The van der Waals surface area contributed by atoms with Gasteiger partial charge < -0.3 is 5.32 Å². The molecule has 2 aromatic carbocycles. The maximum Gasteiger partial charge on any atom is 0.262 e. The van der Waals surface area contributed by atoms with Gasteiger partial charge in [0.25, 0.3) is 11.8 Å². The molecule has 1 aromatic heterocycles. The Bertz CT molecular complexity index is 1370. The lowest BCUT2D eigenvalue weighted by atomic mass is 10.1. The molecule has 3 amide bonds. The molecular weight excluding hydrogens is 476 g/mol. The highest BCUT2D eigenvalue weighted by Gasteiger charge is 2.36. The van der Waals surface area contributed by atoms with Gasteiger partial charge in [-0.2, -0.15) is 4.31 Å². The minimum Gasteiger partial charge on any atom is -0.300 e. The zero-order chi connectivity index (χ0) is 24.8. The van der Waals surface area contributed by atoms with Gasteiger partial charge in [-0.25, -0.2) is 13.4 Å². The fourth-order valence-corrected chi connectivity index (χ4v) is 6.93. The number of fused-ring (bicyclic) bond motifs is 2. The van der Waals surface area contributed by atoms with Crippen LogP contribution in [0, 0.1) is 0 Å². The zero-order valence-electron chi connectivity index (χ0n) is 19.1. The van der Waals surface area contributed by atoms with Gasteiger partial charge in [-0.15, -0.1) is 0 Å². The van der Waals surface area contributed by atoms with Crippen LogP contribution in [0.2, 0.25) is 0 Å². The van der Waals surface area contributed by atoms with Gasteiger partial charge in [0.15, 0.2) is 5.13 Å². The second kappa shape index (κ2) is 8.90. The van der Waals surface area contributed by atoms with Gasteiger partial charge in [-0.3, -0.25) is 19.3 Å². The van der Waals surface area contributed by atoms with Crippen molar-refractivity contribution in [3.63, 3.8) is 0 Å². The summed E-state index contributed by atoms with van der Waals surface area (Å²) in [6.45, 7) is 6.85. The Hall–Kier alpha value is -3.15. The predicted molar refractivity (Wildman–Crippen MR) is 129 cm³/mol. The summed E-state index contributed by atoms with van der Waals surface area (Å²) in [6, 6.07) is 10.6. The first-order valence-electron chi connectivity index (χ1n) is 10.7. The molecule has 0 saturated heterocycles. The van der Waals surface area contributed by atoms with Crippen molar-refractivity contribution < 1.29 is 22.8 Å². The second-order valence-corrected chi connectivity index (χ2v) is 11.3. The molecule has 0 aliphatic carbocycles. The zero-order valence-corrected chi connectivity index (χ0v) is 20.7. The van der Waals surface area contributed by atoms with E-state index in [0.717, 1.165) is 16.2 Å². The molecule has 0 fully saturated rings. The number of amides is 3. The molecular formula is C23H24N4O5S2. The van der Waals surface area contributed by atoms with E-state index < -0.39 is 34.3 Å². The largest absolute Gasteiger partial charge is 0.300 e. The van der Waals surface area contributed by atoms with E-state index >= 15 is 0 Å². The van der Waals surface area contributed by atoms with Crippen LogP contribution >= 0.6 is 11.3 Å². The molecule has 1 aliphatic rings. The Morgan fingerprint density at radius 1 is 1.03 bits per heavy atom. The summed E-state index contributed by atoms with van der Waals surface area (Å²) in [5, 5.41) is 2.85. The van der Waals surface area contributed by atoms with Crippen molar-refractivity contribution in [2.45, 2.75) is 44.7 Å². The fourth-order valence-electron chi connectivity index (χ4n) is 4.08. The summed E-state index contributed by atoms with van der Waals surface area (Å²) in [5.74, 6) is -1.61. The topological polar surface area (TPSA) is 117 Å². The van der Waals surface area contributed by atoms with E-state index in [1.165, 1.54) is 10.4 Å². The number of carbonyl (C=O) groups is 3. The molecule has 0 radical (unpaired) electrons. The monoisotopic (exact) mass is 500 g/mol. The smallest absolute Gasteiger partial charge is 0.262 e. The van der Waals surface area contributed by atoms with Crippen LogP contribution in [0.4, 0.5) is 5.13 Å². The maximum absolute atomic E-state index is 13.2. The van der Waals surface area contributed by atoms with Crippen LogP contribution in [0.3, 0.4) is 0 Å². The number of nitrogens with one attached hydrogen (secondary N) is 1. The summed E-state index contributed by atoms with van der Waals surface area (Å²) in [7, 11) is -3.72. The quantitative estimate of drug-likeness (QED) is 0.498. The van der Waals surface area contributed by atoms with Gasteiger partial charge in [0.2, 0.25) is 15.9 Å². The number of nitrogens with zero attached hydrogens (tertiary/aromatic N) is 3. The number of imide groups is 1. The molecule has 178 valence electrons. The van der Waals surface area contributed by atoms with Crippen molar-refractivity contribution in [3.05, 3.63) is 53.6 Å². The molecule has 4 rings (SSSR count). The van der Waals surface area contributed by atoms with E-state index in [9.17, 15) is 22.8 Å². The van der Waals surface area contributed by atoms with Crippen molar-refractivity contribution in [1.82, 2.24) is 14.2 Å². The molecule has 1 N–H and O–H groups in total. The third kappa shape index (κ3) is 4.22. The molecule has 9 nitrogen and oxygen atoms in total. The molecule has 0 saturated carbocycles. The normalized spacial score (nSPS) is 14.0. The van der Waals surface area contributed by atoms with Crippen molar-refractivity contribution in [3.8, 4) is 0 Å². The fraction of sp³-hybridized carbons (Fsp3) is 0.304. The molecule has 0 spiro atoms. The van der Waals surface area contributed by atoms with Crippen molar-refractivity contribution in [1.29, 1.82) is 0 Å². The van der Waals surface area contributed by atoms with Gasteiger partial charge in [-0.05, 0) is 58.0 Å². The lowest BCUT2D eigenvalue weighted by Crippen LogP contribution is -2.41.